The first-order valence-corrected chi connectivity index (χ1v) is 5.33. The van der Waals surface area contributed by atoms with Crippen molar-refractivity contribution in [3.05, 3.63) is 35.4 Å². The maximum atomic E-state index is 12.0. The van der Waals surface area contributed by atoms with E-state index in [9.17, 15) is 9.59 Å². The summed E-state index contributed by atoms with van der Waals surface area (Å²) in [5.41, 5.74) is 1.03. The van der Waals surface area contributed by atoms with Crippen molar-refractivity contribution in [2.24, 2.45) is 0 Å². The lowest BCUT2D eigenvalue weighted by Crippen LogP contribution is -2.40. The Balaban J connectivity index is 2.00. The fourth-order valence-electron chi connectivity index (χ4n) is 2.27. The van der Waals surface area contributed by atoms with Gasteiger partial charge in [-0.3, -0.25) is 14.5 Å². The van der Waals surface area contributed by atoms with Gasteiger partial charge in [0.15, 0.2) is 0 Å². The monoisotopic (exact) mass is 217 g/mol. The Morgan fingerprint density at radius 1 is 1.12 bits per heavy atom. The van der Waals surface area contributed by atoms with E-state index in [4.69, 9.17) is 4.74 Å². The van der Waals surface area contributed by atoms with Gasteiger partial charge in [0, 0.05) is 6.61 Å². The number of fused-ring (bicyclic) bond motifs is 1. The molecule has 2 heterocycles. The summed E-state index contributed by atoms with van der Waals surface area (Å²) < 4.78 is 5.22. The zero-order chi connectivity index (χ0) is 11.1. The zero-order valence-corrected chi connectivity index (χ0v) is 8.68. The van der Waals surface area contributed by atoms with Crippen molar-refractivity contribution in [3.63, 3.8) is 0 Å². The van der Waals surface area contributed by atoms with E-state index in [1.54, 1.807) is 24.3 Å². The van der Waals surface area contributed by atoms with Crippen LogP contribution in [0.1, 0.15) is 27.1 Å². The lowest BCUT2D eigenvalue weighted by atomic mass is 10.1. The third-order valence-corrected chi connectivity index (χ3v) is 3.10. The third-order valence-electron chi connectivity index (χ3n) is 3.10. The van der Waals surface area contributed by atoms with E-state index in [2.05, 4.69) is 0 Å². The predicted molar refractivity (Wildman–Crippen MR) is 56.2 cm³/mol. The summed E-state index contributed by atoms with van der Waals surface area (Å²) in [5.74, 6) is -0.368. The summed E-state index contributed by atoms with van der Waals surface area (Å²) in [6.07, 6.45) is 0.742. The molecular formula is C12H11NO3. The minimum Gasteiger partial charge on any atom is -0.379 e. The lowest BCUT2D eigenvalue weighted by Gasteiger charge is -2.19. The Bertz CT molecular complexity index is 428. The average Bonchev–Trinajstić information content (AvgIpc) is 2.89. The van der Waals surface area contributed by atoms with Gasteiger partial charge in [0.25, 0.3) is 11.8 Å². The second-order valence-corrected chi connectivity index (χ2v) is 4.04. The molecule has 0 N–H and O–H groups in total. The molecule has 4 heteroatoms. The molecule has 16 heavy (non-hydrogen) atoms. The maximum absolute atomic E-state index is 12.0. The fraction of sp³-hybridized carbons (Fsp3) is 0.333. The first-order valence-electron chi connectivity index (χ1n) is 5.33. The van der Waals surface area contributed by atoms with Crippen molar-refractivity contribution in [3.8, 4) is 0 Å². The van der Waals surface area contributed by atoms with E-state index < -0.39 is 0 Å². The molecule has 4 nitrogen and oxygen atoms in total. The van der Waals surface area contributed by atoms with Crippen LogP contribution in [0, 0.1) is 0 Å². The molecule has 1 saturated heterocycles. The van der Waals surface area contributed by atoms with E-state index in [0.717, 1.165) is 6.42 Å². The van der Waals surface area contributed by atoms with Gasteiger partial charge in [0.1, 0.15) is 0 Å². The summed E-state index contributed by atoms with van der Waals surface area (Å²) >= 11 is 0. The van der Waals surface area contributed by atoms with Crippen LogP contribution in [0.5, 0.6) is 0 Å². The van der Waals surface area contributed by atoms with Crippen LogP contribution in [-0.2, 0) is 4.74 Å². The molecule has 1 atom stereocenters. The largest absolute Gasteiger partial charge is 0.379 e. The van der Waals surface area contributed by atoms with Crippen LogP contribution >= 0.6 is 0 Å². The van der Waals surface area contributed by atoms with Crippen molar-refractivity contribution < 1.29 is 14.3 Å². The Morgan fingerprint density at radius 2 is 1.75 bits per heavy atom. The number of rotatable bonds is 1. The summed E-state index contributed by atoms with van der Waals surface area (Å²) in [7, 11) is 0. The molecule has 2 amide bonds. The quantitative estimate of drug-likeness (QED) is 0.661. The van der Waals surface area contributed by atoms with E-state index in [0.29, 0.717) is 24.3 Å². The van der Waals surface area contributed by atoms with E-state index >= 15 is 0 Å². The number of amides is 2. The van der Waals surface area contributed by atoms with Crippen LogP contribution in [0.15, 0.2) is 24.3 Å². The molecule has 0 unspecified atom stereocenters. The van der Waals surface area contributed by atoms with E-state index in [-0.39, 0.29) is 17.9 Å². The smallest absolute Gasteiger partial charge is 0.261 e. The van der Waals surface area contributed by atoms with Gasteiger partial charge in [-0.05, 0) is 18.6 Å². The summed E-state index contributed by atoms with van der Waals surface area (Å²) in [4.78, 5) is 25.4. The highest BCUT2D eigenvalue weighted by Gasteiger charge is 2.40. The first kappa shape index (κ1) is 9.54. The number of hydrogen-bond acceptors (Lipinski definition) is 3. The highest BCUT2D eigenvalue weighted by molar-refractivity contribution is 6.21. The number of ether oxygens (including phenoxy) is 1. The lowest BCUT2D eigenvalue weighted by molar-refractivity contribution is 0.0566. The second kappa shape index (κ2) is 3.42. The van der Waals surface area contributed by atoms with Gasteiger partial charge in [-0.25, -0.2) is 0 Å². The van der Waals surface area contributed by atoms with Crippen molar-refractivity contribution in [1.82, 2.24) is 4.90 Å². The molecule has 3 rings (SSSR count). The molecule has 0 bridgehead atoms. The number of hydrogen-bond donors (Lipinski definition) is 0. The fourth-order valence-corrected chi connectivity index (χ4v) is 2.27. The number of benzene rings is 1. The molecular weight excluding hydrogens is 206 g/mol. The van der Waals surface area contributed by atoms with Crippen LogP contribution in [0.25, 0.3) is 0 Å². The Hall–Kier alpha value is -1.68. The number of imide groups is 1. The van der Waals surface area contributed by atoms with Gasteiger partial charge in [-0.2, -0.15) is 0 Å². The van der Waals surface area contributed by atoms with Crippen LogP contribution < -0.4 is 0 Å². The summed E-state index contributed by atoms with van der Waals surface area (Å²) in [6.45, 7) is 1.09. The molecule has 2 aliphatic heterocycles. The van der Waals surface area contributed by atoms with Crippen LogP contribution in [0.2, 0.25) is 0 Å². The van der Waals surface area contributed by atoms with Crippen LogP contribution in [0.4, 0.5) is 0 Å². The van der Waals surface area contributed by atoms with Crippen molar-refractivity contribution in [1.29, 1.82) is 0 Å². The SMILES string of the molecule is O=C1c2ccccc2C(=O)N1[C@H]1CCOC1. The number of nitrogens with zero attached hydrogens (tertiary/aromatic N) is 1. The molecule has 2 aliphatic rings. The van der Waals surface area contributed by atoms with Crippen molar-refractivity contribution in [2.75, 3.05) is 13.2 Å². The van der Waals surface area contributed by atoms with Crippen LogP contribution in [-0.4, -0.2) is 36.0 Å². The molecule has 0 radical (unpaired) electrons. The predicted octanol–water partition coefficient (Wildman–Crippen LogP) is 1.07. The normalized spacial score (nSPS) is 24.0. The van der Waals surface area contributed by atoms with Gasteiger partial charge < -0.3 is 4.74 Å². The highest BCUT2D eigenvalue weighted by Crippen LogP contribution is 2.26. The third kappa shape index (κ3) is 1.20. The number of carbonyl (C=O) groups is 2. The standard InChI is InChI=1S/C12H11NO3/c14-11-9-3-1-2-4-10(9)12(15)13(11)8-5-6-16-7-8/h1-4,8H,5-7H2/t8-/m0/s1. The zero-order valence-electron chi connectivity index (χ0n) is 8.68. The molecule has 82 valence electrons. The van der Waals surface area contributed by atoms with E-state index in [1.165, 1.54) is 4.90 Å². The second-order valence-electron chi connectivity index (χ2n) is 4.04. The van der Waals surface area contributed by atoms with E-state index in [1.807, 2.05) is 0 Å². The minimum atomic E-state index is -0.184. The average molecular weight is 217 g/mol. The number of carbonyl (C=O) groups excluding carboxylic acids is 2. The molecule has 1 fully saturated rings. The minimum absolute atomic E-state index is 0.0904. The highest BCUT2D eigenvalue weighted by atomic mass is 16.5. The molecule has 1 aromatic rings. The maximum Gasteiger partial charge on any atom is 0.261 e. The molecule has 0 aliphatic carbocycles. The Kier molecular flexibility index (Phi) is 2.04. The van der Waals surface area contributed by atoms with Crippen molar-refractivity contribution >= 4 is 11.8 Å². The molecule has 1 aromatic carbocycles. The molecule has 0 spiro atoms. The first-order chi connectivity index (χ1) is 7.79. The van der Waals surface area contributed by atoms with Gasteiger partial charge in [0.2, 0.25) is 0 Å². The van der Waals surface area contributed by atoms with Gasteiger partial charge in [-0.1, -0.05) is 12.1 Å². The Labute approximate surface area is 92.8 Å². The van der Waals surface area contributed by atoms with Crippen molar-refractivity contribution in [2.45, 2.75) is 12.5 Å². The van der Waals surface area contributed by atoms with Gasteiger partial charge >= 0.3 is 0 Å². The summed E-state index contributed by atoms with van der Waals surface area (Å²) in [5, 5.41) is 0. The summed E-state index contributed by atoms with van der Waals surface area (Å²) in [6, 6.07) is 6.86. The molecule has 0 saturated carbocycles. The topological polar surface area (TPSA) is 46.6 Å². The van der Waals surface area contributed by atoms with Gasteiger partial charge in [-0.15, -0.1) is 0 Å². The molecule has 0 aromatic heterocycles. The Morgan fingerprint density at radius 3 is 2.25 bits per heavy atom. The van der Waals surface area contributed by atoms with Gasteiger partial charge in [0.05, 0.1) is 23.8 Å². The van der Waals surface area contributed by atoms with Crippen LogP contribution in [0.3, 0.4) is 0 Å².